The van der Waals surface area contributed by atoms with Crippen molar-refractivity contribution >= 4 is 22.6 Å². The Labute approximate surface area is 121 Å². The van der Waals surface area contributed by atoms with E-state index in [0.717, 1.165) is 22.5 Å². The number of hydrogen-bond acceptors (Lipinski definition) is 4. The predicted molar refractivity (Wildman–Crippen MR) is 78.9 cm³/mol. The second-order valence-corrected chi connectivity index (χ2v) is 5.02. The quantitative estimate of drug-likeness (QED) is 0.801. The van der Waals surface area contributed by atoms with Crippen molar-refractivity contribution in [1.82, 2.24) is 15.3 Å². The Bertz CT molecular complexity index is 736. The molecule has 102 valence electrons. The summed E-state index contributed by atoms with van der Waals surface area (Å²) in [4.78, 5) is 8.68. The predicted octanol–water partition coefficient (Wildman–Crippen LogP) is 3.49. The van der Waals surface area contributed by atoms with Crippen molar-refractivity contribution in [1.29, 1.82) is 0 Å². The molecule has 0 aliphatic rings. The van der Waals surface area contributed by atoms with E-state index in [1.807, 2.05) is 38.2 Å². The number of benzene rings is 1. The minimum atomic E-state index is -0.147. The second-order valence-electron chi connectivity index (χ2n) is 4.61. The summed E-state index contributed by atoms with van der Waals surface area (Å²) in [5.74, 6) is 0.772. The summed E-state index contributed by atoms with van der Waals surface area (Å²) in [5, 5.41) is 4.78. The number of rotatable bonds is 3. The molecular formula is C15H14ClN3O. The largest absolute Gasteiger partial charge is 0.457 e. The third kappa shape index (κ3) is 2.28. The number of halogens is 1. The van der Waals surface area contributed by atoms with Gasteiger partial charge in [-0.15, -0.1) is 0 Å². The molecule has 0 bridgehead atoms. The lowest BCUT2D eigenvalue weighted by atomic mass is 10.1. The van der Waals surface area contributed by atoms with Crippen molar-refractivity contribution in [2.45, 2.75) is 13.0 Å². The zero-order valence-corrected chi connectivity index (χ0v) is 12.0. The molecule has 1 aromatic carbocycles. The number of nitrogens with one attached hydrogen (secondary N) is 1. The third-order valence-electron chi connectivity index (χ3n) is 3.18. The highest BCUT2D eigenvalue weighted by atomic mass is 35.5. The van der Waals surface area contributed by atoms with Gasteiger partial charge in [0.1, 0.15) is 11.8 Å². The average molecular weight is 288 g/mol. The Morgan fingerprint density at radius 2 is 2.10 bits per heavy atom. The molecule has 0 saturated heterocycles. The van der Waals surface area contributed by atoms with E-state index in [4.69, 9.17) is 16.0 Å². The van der Waals surface area contributed by atoms with Crippen molar-refractivity contribution < 1.29 is 4.42 Å². The highest BCUT2D eigenvalue weighted by molar-refractivity contribution is 6.34. The van der Waals surface area contributed by atoms with Gasteiger partial charge in [0.05, 0.1) is 22.6 Å². The van der Waals surface area contributed by atoms with Crippen LogP contribution in [0.4, 0.5) is 0 Å². The van der Waals surface area contributed by atoms with Crippen molar-refractivity contribution in [3.8, 4) is 0 Å². The molecule has 0 fully saturated rings. The van der Waals surface area contributed by atoms with Crippen LogP contribution in [-0.4, -0.2) is 17.0 Å². The van der Waals surface area contributed by atoms with E-state index in [0.29, 0.717) is 10.6 Å². The Kier molecular flexibility index (Phi) is 3.42. The molecule has 0 aliphatic carbocycles. The molecule has 2 aromatic heterocycles. The van der Waals surface area contributed by atoms with Gasteiger partial charge in [-0.25, -0.2) is 0 Å². The SMILES string of the molecule is CNC(c1cnc(C)cn1)c1cc2cccc(Cl)c2o1. The van der Waals surface area contributed by atoms with E-state index in [1.54, 1.807) is 12.4 Å². The molecule has 0 amide bonds. The lowest BCUT2D eigenvalue weighted by Crippen LogP contribution is -2.18. The minimum absolute atomic E-state index is 0.147. The molecule has 1 unspecified atom stereocenters. The minimum Gasteiger partial charge on any atom is -0.457 e. The van der Waals surface area contributed by atoms with E-state index in [2.05, 4.69) is 15.3 Å². The first-order valence-electron chi connectivity index (χ1n) is 6.33. The number of aromatic nitrogens is 2. The Morgan fingerprint density at radius 1 is 1.25 bits per heavy atom. The van der Waals surface area contributed by atoms with Gasteiger partial charge >= 0.3 is 0 Å². The molecule has 0 saturated carbocycles. The number of furan rings is 1. The number of fused-ring (bicyclic) bond motifs is 1. The summed E-state index contributed by atoms with van der Waals surface area (Å²) in [5.41, 5.74) is 2.40. The fourth-order valence-corrected chi connectivity index (χ4v) is 2.40. The van der Waals surface area contributed by atoms with Gasteiger partial charge in [0, 0.05) is 11.6 Å². The topological polar surface area (TPSA) is 51.0 Å². The summed E-state index contributed by atoms with van der Waals surface area (Å²) in [6.45, 7) is 1.91. The van der Waals surface area contributed by atoms with Crippen LogP contribution in [0.15, 0.2) is 41.1 Å². The van der Waals surface area contributed by atoms with Crippen LogP contribution in [0.5, 0.6) is 0 Å². The number of aryl methyl sites for hydroxylation is 1. The van der Waals surface area contributed by atoms with Gasteiger partial charge in [-0.1, -0.05) is 23.7 Å². The molecule has 20 heavy (non-hydrogen) atoms. The van der Waals surface area contributed by atoms with E-state index < -0.39 is 0 Å². The van der Waals surface area contributed by atoms with Gasteiger partial charge < -0.3 is 9.73 Å². The molecule has 0 aliphatic heterocycles. The number of nitrogens with zero attached hydrogens (tertiary/aromatic N) is 2. The molecule has 5 heteroatoms. The Balaban J connectivity index is 2.07. The zero-order valence-electron chi connectivity index (χ0n) is 11.2. The van der Waals surface area contributed by atoms with E-state index >= 15 is 0 Å². The molecule has 4 nitrogen and oxygen atoms in total. The second kappa shape index (κ2) is 5.23. The highest BCUT2D eigenvalue weighted by Gasteiger charge is 2.19. The van der Waals surface area contributed by atoms with Crippen LogP contribution in [-0.2, 0) is 0 Å². The van der Waals surface area contributed by atoms with E-state index in [-0.39, 0.29) is 6.04 Å². The number of hydrogen-bond donors (Lipinski definition) is 1. The fourth-order valence-electron chi connectivity index (χ4n) is 2.18. The summed E-state index contributed by atoms with van der Waals surface area (Å²) in [6.07, 6.45) is 3.50. The molecule has 3 aromatic rings. The fraction of sp³-hybridized carbons (Fsp3) is 0.200. The van der Waals surface area contributed by atoms with Crippen LogP contribution in [0, 0.1) is 6.92 Å². The first-order valence-corrected chi connectivity index (χ1v) is 6.70. The van der Waals surface area contributed by atoms with E-state index in [9.17, 15) is 0 Å². The normalized spacial score (nSPS) is 12.8. The van der Waals surface area contributed by atoms with Crippen LogP contribution in [0.2, 0.25) is 5.02 Å². The first-order chi connectivity index (χ1) is 9.69. The van der Waals surface area contributed by atoms with Crippen molar-refractivity contribution in [3.05, 3.63) is 58.8 Å². The molecule has 2 heterocycles. The maximum Gasteiger partial charge on any atom is 0.152 e. The maximum absolute atomic E-state index is 6.14. The van der Waals surface area contributed by atoms with Crippen molar-refractivity contribution in [2.24, 2.45) is 0 Å². The maximum atomic E-state index is 6.14. The first kappa shape index (κ1) is 13.1. The summed E-state index contributed by atoms with van der Waals surface area (Å²) in [7, 11) is 1.86. The Hall–Kier alpha value is -1.91. The van der Waals surface area contributed by atoms with Crippen molar-refractivity contribution in [3.63, 3.8) is 0 Å². The average Bonchev–Trinajstić information content (AvgIpc) is 2.87. The van der Waals surface area contributed by atoms with Crippen molar-refractivity contribution in [2.75, 3.05) is 7.05 Å². The van der Waals surface area contributed by atoms with Gasteiger partial charge in [-0.2, -0.15) is 0 Å². The summed E-state index contributed by atoms with van der Waals surface area (Å²) in [6, 6.07) is 7.53. The molecule has 1 atom stereocenters. The monoisotopic (exact) mass is 287 g/mol. The van der Waals surface area contributed by atoms with Crippen LogP contribution in [0.1, 0.15) is 23.2 Å². The van der Waals surface area contributed by atoms with Gasteiger partial charge in [-0.3, -0.25) is 9.97 Å². The summed E-state index contributed by atoms with van der Waals surface area (Å²) >= 11 is 6.14. The lowest BCUT2D eigenvalue weighted by Gasteiger charge is -2.12. The number of para-hydroxylation sites is 1. The smallest absolute Gasteiger partial charge is 0.152 e. The van der Waals surface area contributed by atoms with Gasteiger partial charge in [-0.05, 0) is 26.1 Å². The van der Waals surface area contributed by atoms with Crippen LogP contribution < -0.4 is 5.32 Å². The molecule has 0 radical (unpaired) electrons. The molecule has 0 spiro atoms. The van der Waals surface area contributed by atoms with E-state index in [1.165, 1.54) is 0 Å². The molecular weight excluding hydrogens is 274 g/mol. The zero-order chi connectivity index (χ0) is 14.1. The van der Waals surface area contributed by atoms with Crippen LogP contribution in [0.3, 0.4) is 0 Å². The van der Waals surface area contributed by atoms with Gasteiger partial charge in [0.15, 0.2) is 5.58 Å². The molecule has 1 N–H and O–H groups in total. The third-order valence-corrected chi connectivity index (χ3v) is 3.48. The lowest BCUT2D eigenvalue weighted by molar-refractivity contribution is 0.485. The van der Waals surface area contributed by atoms with Gasteiger partial charge in [0.25, 0.3) is 0 Å². The summed E-state index contributed by atoms with van der Waals surface area (Å²) < 4.78 is 5.87. The van der Waals surface area contributed by atoms with Crippen LogP contribution >= 0.6 is 11.6 Å². The molecule has 3 rings (SSSR count). The van der Waals surface area contributed by atoms with Crippen LogP contribution in [0.25, 0.3) is 11.0 Å². The Morgan fingerprint density at radius 3 is 2.75 bits per heavy atom. The standard InChI is InChI=1S/C15H14ClN3O/c1-9-7-19-12(8-18-9)14(17-2)13-6-10-4-3-5-11(16)15(10)20-13/h3-8,14,17H,1-2H3. The highest BCUT2D eigenvalue weighted by Crippen LogP contribution is 2.31. The van der Waals surface area contributed by atoms with Gasteiger partial charge in [0.2, 0.25) is 0 Å².